The number of fused-ring (bicyclic) bond motifs is 1. The van der Waals surface area contributed by atoms with Gasteiger partial charge in [0, 0.05) is 42.8 Å². The van der Waals surface area contributed by atoms with E-state index in [1.807, 2.05) is 31.2 Å². The van der Waals surface area contributed by atoms with Crippen LogP contribution in [0.25, 0.3) is 10.9 Å². The first kappa shape index (κ1) is 17.8. The van der Waals surface area contributed by atoms with Crippen molar-refractivity contribution in [3.05, 3.63) is 65.9 Å². The summed E-state index contributed by atoms with van der Waals surface area (Å²) in [6.45, 7) is 3.24. The molecule has 0 spiro atoms. The van der Waals surface area contributed by atoms with Crippen molar-refractivity contribution in [2.24, 2.45) is 0 Å². The lowest BCUT2D eigenvalue weighted by Gasteiger charge is -2.34. The molecule has 0 atom stereocenters. The number of hydrogen-bond acceptors (Lipinski definition) is 3. The van der Waals surface area contributed by atoms with Crippen molar-refractivity contribution in [2.45, 2.75) is 11.8 Å². The first-order valence-corrected chi connectivity index (χ1v) is 10.3. The fraction of sp³-hybridized carbons (Fsp3) is 0.250. The Kier molecular flexibility index (Phi) is 4.49. The van der Waals surface area contributed by atoms with Gasteiger partial charge < -0.3 is 9.88 Å². The van der Waals surface area contributed by atoms with Gasteiger partial charge in [-0.05, 0) is 25.1 Å². The number of aromatic amines is 1. The van der Waals surface area contributed by atoms with Crippen molar-refractivity contribution in [1.82, 2.24) is 14.2 Å². The molecule has 6 nitrogen and oxygen atoms in total. The molecule has 140 valence electrons. The zero-order valence-corrected chi connectivity index (χ0v) is 15.9. The Morgan fingerprint density at radius 3 is 2.26 bits per heavy atom. The Morgan fingerprint density at radius 1 is 0.926 bits per heavy atom. The maximum atomic E-state index is 13.1. The maximum Gasteiger partial charge on any atom is 0.256 e. The number of benzene rings is 2. The number of hydrogen-bond donors (Lipinski definition) is 1. The predicted molar refractivity (Wildman–Crippen MR) is 104 cm³/mol. The van der Waals surface area contributed by atoms with E-state index in [0.717, 1.165) is 16.6 Å². The molecule has 1 N–H and O–H groups in total. The van der Waals surface area contributed by atoms with Gasteiger partial charge in [-0.1, -0.05) is 36.4 Å². The van der Waals surface area contributed by atoms with Crippen LogP contribution in [-0.2, 0) is 10.0 Å². The third-order valence-electron chi connectivity index (χ3n) is 5.01. The highest BCUT2D eigenvalue weighted by Crippen LogP contribution is 2.24. The molecule has 7 heteroatoms. The van der Waals surface area contributed by atoms with Gasteiger partial charge in [-0.25, -0.2) is 8.42 Å². The third-order valence-corrected chi connectivity index (χ3v) is 6.93. The number of nitrogens with one attached hydrogen (secondary N) is 1. The van der Waals surface area contributed by atoms with Crippen LogP contribution in [0.5, 0.6) is 0 Å². The Hall–Kier alpha value is -2.64. The number of carbonyl (C=O) groups excluding carboxylic acids is 1. The second-order valence-corrected chi connectivity index (χ2v) is 8.62. The van der Waals surface area contributed by atoms with E-state index >= 15 is 0 Å². The van der Waals surface area contributed by atoms with Crippen LogP contribution in [0, 0.1) is 6.92 Å². The lowest BCUT2D eigenvalue weighted by Crippen LogP contribution is -2.50. The van der Waals surface area contributed by atoms with Crippen molar-refractivity contribution >= 4 is 26.8 Å². The van der Waals surface area contributed by atoms with Crippen LogP contribution in [0.3, 0.4) is 0 Å². The summed E-state index contributed by atoms with van der Waals surface area (Å²) in [4.78, 5) is 18.3. The Labute approximate surface area is 158 Å². The van der Waals surface area contributed by atoms with Crippen LogP contribution in [0.4, 0.5) is 0 Å². The summed E-state index contributed by atoms with van der Waals surface area (Å²) in [6.07, 6.45) is 0. The summed E-state index contributed by atoms with van der Waals surface area (Å²) in [7, 11) is -3.52. The average Bonchev–Trinajstić information content (AvgIpc) is 3.04. The fourth-order valence-electron chi connectivity index (χ4n) is 3.58. The van der Waals surface area contributed by atoms with Gasteiger partial charge in [-0.15, -0.1) is 0 Å². The van der Waals surface area contributed by atoms with E-state index in [9.17, 15) is 13.2 Å². The van der Waals surface area contributed by atoms with Crippen LogP contribution in [0.1, 0.15) is 16.1 Å². The first-order chi connectivity index (χ1) is 13.0. The summed E-state index contributed by atoms with van der Waals surface area (Å²) in [5.74, 6) is -0.0540. The van der Waals surface area contributed by atoms with E-state index < -0.39 is 10.0 Å². The van der Waals surface area contributed by atoms with Crippen molar-refractivity contribution in [3.8, 4) is 0 Å². The number of rotatable bonds is 3. The molecule has 1 aliphatic rings. The van der Waals surface area contributed by atoms with Gasteiger partial charge in [0.25, 0.3) is 5.91 Å². The molecule has 1 amide bonds. The SMILES string of the molecule is Cc1[nH]c2ccccc2c1C(=O)N1CCN(S(=O)(=O)c2ccccc2)CC1. The summed E-state index contributed by atoms with van der Waals surface area (Å²) < 4.78 is 26.9. The standard InChI is InChI=1S/C20H21N3O3S/c1-15-19(17-9-5-6-10-18(17)21-15)20(24)22-11-13-23(14-12-22)27(25,26)16-7-3-2-4-8-16/h2-10,21H,11-14H2,1H3. The molecule has 1 aromatic heterocycles. The van der Waals surface area contributed by atoms with Gasteiger partial charge >= 0.3 is 0 Å². The van der Waals surface area contributed by atoms with Crippen molar-refractivity contribution < 1.29 is 13.2 Å². The minimum Gasteiger partial charge on any atom is -0.358 e. The maximum absolute atomic E-state index is 13.1. The number of nitrogens with zero attached hydrogens (tertiary/aromatic N) is 2. The van der Waals surface area contributed by atoms with Crippen molar-refractivity contribution in [2.75, 3.05) is 26.2 Å². The van der Waals surface area contributed by atoms with Gasteiger partial charge in [-0.2, -0.15) is 4.31 Å². The van der Waals surface area contributed by atoms with E-state index in [0.29, 0.717) is 31.7 Å². The van der Waals surface area contributed by atoms with Gasteiger partial charge in [0.15, 0.2) is 0 Å². The second-order valence-electron chi connectivity index (χ2n) is 6.68. The van der Waals surface area contributed by atoms with Gasteiger partial charge in [0.1, 0.15) is 0 Å². The molecular weight excluding hydrogens is 362 g/mol. The molecule has 0 radical (unpaired) electrons. The fourth-order valence-corrected chi connectivity index (χ4v) is 5.03. The van der Waals surface area contributed by atoms with Gasteiger partial charge in [-0.3, -0.25) is 4.79 Å². The third kappa shape index (κ3) is 3.13. The highest BCUT2D eigenvalue weighted by atomic mass is 32.2. The minimum absolute atomic E-state index is 0.0540. The largest absolute Gasteiger partial charge is 0.358 e. The normalized spacial score (nSPS) is 16.0. The number of para-hydroxylation sites is 1. The number of sulfonamides is 1. The molecule has 2 heterocycles. The number of aryl methyl sites for hydroxylation is 1. The van der Waals surface area contributed by atoms with Gasteiger partial charge in [0.2, 0.25) is 10.0 Å². The molecule has 1 aliphatic heterocycles. The molecule has 3 aromatic rings. The van der Waals surface area contributed by atoms with Crippen molar-refractivity contribution in [3.63, 3.8) is 0 Å². The molecule has 0 aliphatic carbocycles. The Bertz CT molecular complexity index is 1080. The van der Waals surface area contributed by atoms with Crippen LogP contribution in [0.15, 0.2) is 59.5 Å². The molecule has 0 saturated carbocycles. The Morgan fingerprint density at radius 2 is 1.56 bits per heavy atom. The van der Waals surface area contributed by atoms with Crippen molar-refractivity contribution in [1.29, 1.82) is 0 Å². The molecule has 1 saturated heterocycles. The quantitative estimate of drug-likeness (QED) is 0.756. The predicted octanol–water partition coefficient (Wildman–Crippen LogP) is 2.62. The van der Waals surface area contributed by atoms with Crippen LogP contribution >= 0.6 is 0 Å². The zero-order chi connectivity index (χ0) is 19.0. The Balaban J connectivity index is 1.52. The number of aromatic nitrogens is 1. The summed E-state index contributed by atoms with van der Waals surface area (Å²) in [6, 6.07) is 16.1. The van der Waals surface area contributed by atoms with E-state index in [1.54, 1.807) is 35.2 Å². The van der Waals surface area contributed by atoms with Crippen LogP contribution < -0.4 is 0 Å². The second kappa shape index (κ2) is 6.83. The molecule has 27 heavy (non-hydrogen) atoms. The molecule has 1 fully saturated rings. The lowest BCUT2D eigenvalue weighted by molar-refractivity contribution is 0.0699. The first-order valence-electron chi connectivity index (χ1n) is 8.90. The van der Waals surface area contributed by atoms with E-state index in [-0.39, 0.29) is 10.8 Å². The van der Waals surface area contributed by atoms with E-state index in [1.165, 1.54) is 4.31 Å². The zero-order valence-electron chi connectivity index (χ0n) is 15.1. The summed E-state index contributed by atoms with van der Waals surface area (Å²) in [5.41, 5.74) is 2.44. The number of piperazine rings is 1. The summed E-state index contributed by atoms with van der Waals surface area (Å²) >= 11 is 0. The highest BCUT2D eigenvalue weighted by molar-refractivity contribution is 7.89. The lowest BCUT2D eigenvalue weighted by atomic mass is 10.1. The molecular formula is C20H21N3O3S. The van der Waals surface area contributed by atoms with E-state index in [4.69, 9.17) is 0 Å². The number of amides is 1. The van der Waals surface area contributed by atoms with Crippen LogP contribution in [-0.4, -0.2) is 54.7 Å². The highest BCUT2D eigenvalue weighted by Gasteiger charge is 2.31. The smallest absolute Gasteiger partial charge is 0.256 e. The van der Waals surface area contributed by atoms with Gasteiger partial charge in [0.05, 0.1) is 10.5 Å². The van der Waals surface area contributed by atoms with E-state index in [2.05, 4.69) is 4.98 Å². The monoisotopic (exact) mass is 383 g/mol. The summed E-state index contributed by atoms with van der Waals surface area (Å²) in [5, 5.41) is 0.902. The molecule has 4 rings (SSSR count). The number of H-pyrrole nitrogens is 1. The number of carbonyl (C=O) groups is 1. The molecule has 0 unspecified atom stereocenters. The topological polar surface area (TPSA) is 73.5 Å². The minimum atomic E-state index is -3.52. The molecule has 2 aromatic carbocycles. The molecule has 0 bridgehead atoms. The van der Waals surface area contributed by atoms with Crippen LogP contribution in [0.2, 0.25) is 0 Å². The average molecular weight is 383 g/mol.